The highest BCUT2D eigenvalue weighted by Crippen LogP contribution is 2.52. The Morgan fingerprint density at radius 1 is 0.891 bits per heavy atom. The van der Waals surface area contributed by atoms with Gasteiger partial charge in [0.25, 0.3) is 0 Å². The quantitative estimate of drug-likeness (QED) is 0.0977. The molecule has 3 N–H and O–H groups in total. The molecule has 8 bridgehead atoms. The van der Waals surface area contributed by atoms with Gasteiger partial charge < -0.3 is 34.0 Å². The van der Waals surface area contributed by atoms with E-state index < -0.39 is 11.4 Å². The van der Waals surface area contributed by atoms with Crippen LogP contribution >= 0.6 is 0 Å². The predicted octanol–water partition coefficient (Wildman–Crippen LogP) is 7.24. The van der Waals surface area contributed by atoms with Gasteiger partial charge in [0.2, 0.25) is 0 Å². The molecule has 6 rings (SSSR count). The van der Waals surface area contributed by atoms with Crippen LogP contribution in [0.5, 0.6) is 5.75 Å². The number of aliphatic hydroxyl groups excluding tert-OH is 1. The van der Waals surface area contributed by atoms with Crippen molar-refractivity contribution in [2.75, 3.05) is 33.5 Å². The van der Waals surface area contributed by atoms with Crippen molar-refractivity contribution in [2.24, 2.45) is 5.92 Å². The summed E-state index contributed by atoms with van der Waals surface area (Å²) < 4.78 is 21.9. The molecule has 12 heteroatoms. The van der Waals surface area contributed by atoms with Crippen LogP contribution in [0.2, 0.25) is 0 Å². The molecular weight excluding hydrogens is 700 g/mol. The third-order valence-corrected chi connectivity index (χ3v) is 10.9. The molecule has 2 atom stereocenters. The molecule has 5 heterocycles. The third kappa shape index (κ3) is 7.26. The fourth-order valence-corrected chi connectivity index (χ4v) is 7.54. The number of carbonyl (C=O) groups is 3. The second-order valence-corrected chi connectivity index (χ2v) is 14.0. The van der Waals surface area contributed by atoms with Crippen molar-refractivity contribution in [3.63, 3.8) is 0 Å². The average Bonchev–Trinajstić information content (AvgIpc) is 3.83. The summed E-state index contributed by atoms with van der Waals surface area (Å²) in [6.07, 6.45) is 6.26. The molecule has 288 valence electrons. The summed E-state index contributed by atoms with van der Waals surface area (Å²) in [4.78, 5) is 55.0. The van der Waals surface area contributed by atoms with Crippen LogP contribution in [0.25, 0.3) is 44.9 Å². The van der Waals surface area contributed by atoms with Gasteiger partial charge in [0.1, 0.15) is 25.6 Å². The summed E-state index contributed by atoms with van der Waals surface area (Å²) in [6.45, 7) is 15.8. The molecule has 55 heavy (non-hydrogen) atoms. The van der Waals surface area contributed by atoms with Gasteiger partial charge in [-0.1, -0.05) is 38.7 Å². The van der Waals surface area contributed by atoms with Gasteiger partial charge in [-0.25, -0.2) is 9.78 Å². The van der Waals surface area contributed by atoms with Crippen LogP contribution in [0.4, 0.5) is 0 Å². The van der Waals surface area contributed by atoms with Gasteiger partial charge in [-0.15, -0.1) is 0 Å². The number of nitrogens with one attached hydrogen (secondary N) is 2. The molecular formula is C43H48N4O8. The molecule has 1 aliphatic carbocycles. The number of H-pyrrole nitrogens is 2. The summed E-state index contributed by atoms with van der Waals surface area (Å²) in [5.74, 6) is -0.827. The molecule has 0 saturated carbocycles. The number of methoxy groups -OCH3 is 1. The Balaban J connectivity index is 1.65. The molecule has 0 fully saturated rings. The molecule has 3 aromatic rings. The molecule has 0 aromatic carbocycles. The maximum atomic E-state index is 13.0. The maximum Gasteiger partial charge on any atom is 0.334 e. The van der Waals surface area contributed by atoms with Crippen molar-refractivity contribution in [1.29, 1.82) is 0 Å². The Morgan fingerprint density at radius 3 is 2.33 bits per heavy atom. The van der Waals surface area contributed by atoms with Gasteiger partial charge in [-0.05, 0) is 80.7 Å². The Hall–Kier alpha value is -5.75. The first kappa shape index (κ1) is 39.0. The molecule has 2 aliphatic heterocycles. The Kier molecular flexibility index (Phi) is 11.3. The Labute approximate surface area is 320 Å². The number of rotatable bonds is 12. The van der Waals surface area contributed by atoms with Crippen LogP contribution in [-0.4, -0.2) is 76.5 Å². The SMILES string of the molecule is C=Cc1c(C)c2cc3[nH]c(cc4nc(cc5nc(cc1[nH]2)C1(C)C5=CC=C(C(=O)OC)C1C)C(C)=C4CCC(=O)OCCO)c(OCCOC(=O)CC)c3C. The number of hydrogen-bond donors (Lipinski definition) is 3. The van der Waals surface area contributed by atoms with Crippen LogP contribution in [0.3, 0.4) is 0 Å². The van der Waals surface area contributed by atoms with E-state index in [1.165, 1.54) is 7.11 Å². The van der Waals surface area contributed by atoms with Gasteiger partial charge in [0.15, 0.2) is 0 Å². The summed E-state index contributed by atoms with van der Waals surface area (Å²) in [6, 6.07) is 7.92. The number of allylic oxidation sites excluding steroid dienone is 5. The lowest BCUT2D eigenvalue weighted by molar-refractivity contribution is -0.145. The highest BCUT2D eigenvalue weighted by molar-refractivity contribution is 5.96. The van der Waals surface area contributed by atoms with Crippen molar-refractivity contribution in [1.82, 2.24) is 19.9 Å². The number of esters is 3. The van der Waals surface area contributed by atoms with Gasteiger partial charge in [0.05, 0.1) is 42.0 Å². The zero-order valence-electron chi connectivity index (χ0n) is 32.5. The first-order chi connectivity index (χ1) is 26.4. The molecule has 12 nitrogen and oxygen atoms in total. The lowest BCUT2D eigenvalue weighted by Gasteiger charge is -2.36. The number of aryl methyl sites for hydroxylation is 2. The second kappa shape index (κ2) is 15.9. The topological polar surface area (TPSA) is 166 Å². The summed E-state index contributed by atoms with van der Waals surface area (Å²) in [7, 11) is 1.39. The predicted molar refractivity (Wildman–Crippen MR) is 212 cm³/mol. The van der Waals surface area contributed by atoms with Crippen molar-refractivity contribution in [3.8, 4) is 5.75 Å². The van der Waals surface area contributed by atoms with Crippen LogP contribution in [0.1, 0.15) is 86.4 Å². The first-order valence-corrected chi connectivity index (χ1v) is 18.5. The third-order valence-electron chi connectivity index (χ3n) is 10.9. The molecule has 2 unspecified atom stereocenters. The lowest BCUT2D eigenvalue weighted by Crippen LogP contribution is -2.34. The summed E-state index contributed by atoms with van der Waals surface area (Å²) >= 11 is 0. The smallest absolute Gasteiger partial charge is 0.334 e. The first-order valence-electron chi connectivity index (χ1n) is 18.5. The highest BCUT2D eigenvalue weighted by Gasteiger charge is 2.47. The van der Waals surface area contributed by atoms with Crippen LogP contribution in [0.15, 0.2) is 48.6 Å². The van der Waals surface area contributed by atoms with E-state index >= 15 is 0 Å². The second-order valence-electron chi connectivity index (χ2n) is 14.0. The molecule has 0 radical (unpaired) electrons. The fraction of sp³-hybridized carbons (Fsp3) is 0.372. The lowest BCUT2D eigenvalue weighted by atomic mass is 9.65. The van der Waals surface area contributed by atoms with Crippen molar-refractivity contribution >= 4 is 62.8 Å². The number of fused-ring (bicyclic) bond motifs is 11. The number of aliphatic hydroxyl groups is 1. The maximum absolute atomic E-state index is 13.0. The highest BCUT2D eigenvalue weighted by atomic mass is 16.6. The van der Waals surface area contributed by atoms with E-state index in [0.717, 1.165) is 55.7 Å². The van der Waals surface area contributed by atoms with E-state index in [0.29, 0.717) is 40.3 Å². The van der Waals surface area contributed by atoms with Crippen molar-refractivity contribution in [3.05, 3.63) is 88.0 Å². The van der Waals surface area contributed by atoms with Gasteiger partial charge in [0, 0.05) is 57.4 Å². The number of aromatic nitrogens is 4. The van der Waals surface area contributed by atoms with E-state index in [1.807, 2.05) is 70.2 Å². The summed E-state index contributed by atoms with van der Waals surface area (Å²) in [5, 5.41) is 9.19. The molecule has 3 aromatic heterocycles. The zero-order chi connectivity index (χ0) is 39.6. The number of carbonyl (C=O) groups excluding carboxylic acids is 3. The standard InChI is InChI=1S/C43H48N4O8/c1-9-27-23(3)31-19-33-25(5)41(55-18-17-54-39(49)10-2)37(46-33)21-34-28(12-14-40(50)53-16-15-48)24(4)32(44-34)20-36-30-13-11-29(42(51)52-8)26(6)43(30,7)38(47-36)22-35(27)45-31/h9,11,13,19-22,26,45-46,48H,1,10,12,14-18H2,2-8H3. The monoisotopic (exact) mass is 748 g/mol. The van der Waals surface area contributed by atoms with E-state index in [9.17, 15) is 19.5 Å². The van der Waals surface area contributed by atoms with Crippen molar-refractivity contribution < 1.29 is 38.4 Å². The normalized spacial score (nSPS) is 17.6. The fourth-order valence-electron chi connectivity index (χ4n) is 7.54. The Bertz CT molecular complexity index is 2340. The van der Waals surface area contributed by atoms with Crippen LogP contribution in [-0.2, 0) is 34.0 Å². The largest absolute Gasteiger partial charge is 0.487 e. The number of nitrogens with zero attached hydrogens (tertiary/aromatic N) is 2. The average molecular weight is 749 g/mol. The molecule has 0 saturated heterocycles. The molecule has 3 aliphatic rings. The Morgan fingerprint density at radius 2 is 1.62 bits per heavy atom. The van der Waals surface area contributed by atoms with Crippen molar-refractivity contribution in [2.45, 2.75) is 66.2 Å². The van der Waals surface area contributed by atoms with E-state index in [-0.39, 0.29) is 57.1 Å². The molecule has 0 amide bonds. The van der Waals surface area contributed by atoms with Crippen LogP contribution < -0.4 is 4.74 Å². The van der Waals surface area contributed by atoms with Gasteiger partial charge in [-0.3, -0.25) is 14.6 Å². The van der Waals surface area contributed by atoms with E-state index in [4.69, 9.17) is 28.9 Å². The van der Waals surface area contributed by atoms with Gasteiger partial charge in [-0.2, -0.15) is 0 Å². The number of hydrogen-bond acceptors (Lipinski definition) is 10. The number of aromatic amines is 2. The minimum absolute atomic E-state index is 0.0749. The number of ether oxygens (including phenoxy) is 4. The summed E-state index contributed by atoms with van der Waals surface area (Å²) in [5.41, 5.74) is 11.1. The zero-order valence-corrected chi connectivity index (χ0v) is 32.5. The van der Waals surface area contributed by atoms with Gasteiger partial charge >= 0.3 is 17.9 Å². The minimum Gasteiger partial charge on any atom is -0.487 e. The minimum atomic E-state index is -0.698. The van der Waals surface area contributed by atoms with E-state index in [2.05, 4.69) is 23.5 Å². The van der Waals surface area contributed by atoms with Crippen LogP contribution in [0, 0.1) is 19.8 Å². The molecule has 0 spiro atoms. The van der Waals surface area contributed by atoms with E-state index in [1.54, 1.807) is 6.92 Å².